The lowest BCUT2D eigenvalue weighted by Crippen LogP contribution is -1.84. The second-order valence-corrected chi connectivity index (χ2v) is 4.56. The van der Waals surface area contributed by atoms with Crippen molar-refractivity contribution in [2.75, 3.05) is 5.73 Å². The summed E-state index contributed by atoms with van der Waals surface area (Å²) in [7, 11) is 0. The summed E-state index contributed by atoms with van der Waals surface area (Å²) < 4.78 is 5.69. The molecule has 0 fully saturated rings. The third kappa shape index (κ3) is 1.31. The van der Waals surface area contributed by atoms with Gasteiger partial charge >= 0.3 is 0 Å². The van der Waals surface area contributed by atoms with Crippen molar-refractivity contribution in [1.82, 2.24) is 4.98 Å². The Morgan fingerprint density at radius 1 is 1.31 bits per heavy atom. The number of nitrogens with zero attached hydrogens (tertiary/aromatic N) is 1. The minimum absolute atomic E-state index is 0.653. The van der Waals surface area contributed by atoms with Gasteiger partial charge in [-0.3, -0.25) is 0 Å². The van der Waals surface area contributed by atoms with Crippen LogP contribution >= 0.6 is 11.3 Å². The van der Waals surface area contributed by atoms with Crippen LogP contribution in [0.4, 0.5) is 5.69 Å². The van der Waals surface area contributed by atoms with Gasteiger partial charge in [0.25, 0.3) is 0 Å². The van der Waals surface area contributed by atoms with E-state index in [1.165, 1.54) is 5.56 Å². The van der Waals surface area contributed by atoms with Gasteiger partial charge in [-0.25, -0.2) is 4.98 Å². The zero-order chi connectivity index (χ0) is 11.1. The molecule has 0 atom stereocenters. The van der Waals surface area contributed by atoms with Crippen LogP contribution in [0.25, 0.3) is 21.9 Å². The predicted molar refractivity (Wildman–Crippen MR) is 66.5 cm³/mol. The van der Waals surface area contributed by atoms with Gasteiger partial charge in [-0.05, 0) is 36.1 Å². The molecule has 4 heteroatoms. The first kappa shape index (κ1) is 9.42. The molecule has 0 aliphatic rings. The molecule has 0 radical (unpaired) electrons. The molecule has 3 aromatic rings. The van der Waals surface area contributed by atoms with Crippen LogP contribution in [0.2, 0.25) is 0 Å². The SMILES string of the molecule is Cc1ccsc1-c1nc2c(N)cccc2o1. The zero-order valence-corrected chi connectivity index (χ0v) is 9.54. The van der Waals surface area contributed by atoms with Gasteiger partial charge in [0.05, 0.1) is 10.6 Å². The van der Waals surface area contributed by atoms with Crippen LogP contribution in [0, 0.1) is 6.92 Å². The summed E-state index contributed by atoms with van der Waals surface area (Å²) >= 11 is 1.63. The maximum atomic E-state index is 5.84. The second kappa shape index (κ2) is 3.35. The predicted octanol–water partition coefficient (Wildman–Crippen LogP) is 3.45. The van der Waals surface area contributed by atoms with Gasteiger partial charge in [0, 0.05) is 0 Å². The monoisotopic (exact) mass is 230 g/mol. The summed E-state index contributed by atoms with van der Waals surface area (Å²) in [5.74, 6) is 0.653. The standard InChI is InChI=1S/C12H10N2OS/c1-7-5-6-16-11(7)12-14-10-8(13)3-2-4-9(10)15-12/h2-6H,13H2,1H3. The van der Waals surface area contributed by atoms with E-state index in [4.69, 9.17) is 10.2 Å². The lowest BCUT2D eigenvalue weighted by atomic mass is 10.3. The number of nitrogen functional groups attached to an aromatic ring is 1. The quantitative estimate of drug-likeness (QED) is 0.651. The fourth-order valence-corrected chi connectivity index (χ4v) is 2.51. The molecule has 16 heavy (non-hydrogen) atoms. The molecule has 80 valence electrons. The van der Waals surface area contributed by atoms with E-state index in [9.17, 15) is 0 Å². The van der Waals surface area contributed by atoms with Crippen LogP contribution in [-0.4, -0.2) is 4.98 Å². The zero-order valence-electron chi connectivity index (χ0n) is 8.73. The Labute approximate surface area is 96.5 Å². The van der Waals surface area contributed by atoms with Crippen LogP contribution in [-0.2, 0) is 0 Å². The highest BCUT2D eigenvalue weighted by atomic mass is 32.1. The molecule has 1 aromatic carbocycles. The van der Waals surface area contributed by atoms with Gasteiger partial charge < -0.3 is 10.2 Å². The fourth-order valence-electron chi connectivity index (χ4n) is 1.66. The highest BCUT2D eigenvalue weighted by molar-refractivity contribution is 7.13. The molecule has 2 heterocycles. The van der Waals surface area contributed by atoms with E-state index in [0.717, 1.165) is 16.0 Å². The van der Waals surface area contributed by atoms with Crippen molar-refractivity contribution in [3.05, 3.63) is 35.2 Å². The third-order valence-corrected chi connectivity index (χ3v) is 3.51. The highest BCUT2D eigenvalue weighted by Gasteiger charge is 2.12. The van der Waals surface area contributed by atoms with Crippen LogP contribution in [0.15, 0.2) is 34.1 Å². The number of oxazole rings is 1. The first-order valence-corrected chi connectivity index (χ1v) is 5.83. The molecular formula is C12H10N2OS. The number of rotatable bonds is 1. The van der Waals surface area contributed by atoms with Crippen LogP contribution < -0.4 is 5.73 Å². The number of hydrogen-bond donors (Lipinski definition) is 1. The van der Waals surface area contributed by atoms with Crippen LogP contribution in [0.5, 0.6) is 0 Å². The highest BCUT2D eigenvalue weighted by Crippen LogP contribution is 2.32. The van der Waals surface area contributed by atoms with E-state index >= 15 is 0 Å². The molecule has 0 aliphatic carbocycles. The van der Waals surface area contributed by atoms with Gasteiger partial charge in [0.2, 0.25) is 5.89 Å². The lowest BCUT2D eigenvalue weighted by molar-refractivity contribution is 0.621. The van der Waals surface area contributed by atoms with E-state index in [1.807, 2.05) is 30.5 Å². The molecule has 0 aliphatic heterocycles. The van der Waals surface area contributed by atoms with Crippen molar-refractivity contribution >= 4 is 28.1 Å². The number of aromatic nitrogens is 1. The Kier molecular flexibility index (Phi) is 1.97. The smallest absolute Gasteiger partial charge is 0.237 e. The lowest BCUT2D eigenvalue weighted by Gasteiger charge is -1.89. The van der Waals surface area contributed by atoms with E-state index < -0.39 is 0 Å². The second-order valence-electron chi connectivity index (χ2n) is 3.65. The molecule has 2 N–H and O–H groups in total. The summed E-state index contributed by atoms with van der Waals surface area (Å²) in [6.07, 6.45) is 0. The minimum atomic E-state index is 0.653. The Morgan fingerprint density at radius 3 is 2.88 bits per heavy atom. The summed E-state index contributed by atoms with van der Waals surface area (Å²) in [6, 6.07) is 7.63. The van der Waals surface area contributed by atoms with Gasteiger partial charge in [-0.2, -0.15) is 0 Å². The topological polar surface area (TPSA) is 52.0 Å². The first-order valence-electron chi connectivity index (χ1n) is 4.95. The molecular weight excluding hydrogens is 220 g/mol. The van der Waals surface area contributed by atoms with Crippen molar-refractivity contribution in [1.29, 1.82) is 0 Å². The van der Waals surface area contributed by atoms with E-state index in [0.29, 0.717) is 11.6 Å². The van der Waals surface area contributed by atoms with Crippen molar-refractivity contribution in [3.8, 4) is 10.8 Å². The number of thiophene rings is 1. The Morgan fingerprint density at radius 2 is 2.19 bits per heavy atom. The molecule has 0 saturated carbocycles. The number of fused-ring (bicyclic) bond motifs is 1. The molecule has 3 rings (SSSR count). The normalized spacial score (nSPS) is 11.1. The van der Waals surface area contributed by atoms with Gasteiger partial charge in [-0.1, -0.05) is 6.07 Å². The number of para-hydroxylation sites is 1. The maximum Gasteiger partial charge on any atom is 0.237 e. The Balaban J connectivity index is 2.27. The summed E-state index contributed by atoms with van der Waals surface area (Å²) in [5, 5.41) is 2.03. The molecule has 3 nitrogen and oxygen atoms in total. The third-order valence-electron chi connectivity index (χ3n) is 2.51. The van der Waals surface area contributed by atoms with Gasteiger partial charge in [0.1, 0.15) is 5.52 Å². The summed E-state index contributed by atoms with van der Waals surface area (Å²) in [6.45, 7) is 2.05. The minimum Gasteiger partial charge on any atom is -0.435 e. The molecule has 0 bridgehead atoms. The van der Waals surface area contributed by atoms with Crippen LogP contribution in [0.3, 0.4) is 0 Å². The Bertz CT molecular complexity index is 654. The number of aryl methyl sites for hydroxylation is 1. The Hall–Kier alpha value is -1.81. The van der Waals surface area contributed by atoms with Gasteiger partial charge in [-0.15, -0.1) is 11.3 Å². The van der Waals surface area contributed by atoms with Crippen molar-refractivity contribution < 1.29 is 4.42 Å². The number of anilines is 1. The van der Waals surface area contributed by atoms with Crippen molar-refractivity contribution in [3.63, 3.8) is 0 Å². The van der Waals surface area contributed by atoms with Gasteiger partial charge in [0.15, 0.2) is 5.58 Å². The van der Waals surface area contributed by atoms with E-state index in [-0.39, 0.29) is 0 Å². The fraction of sp³-hybridized carbons (Fsp3) is 0.0833. The average Bonchev–Trinajstić information content (AvgIpc) is 2.84. The van der Waals surface area contributed by atoms with E-state index in [1.54, 1.807) is 11.3 Å². The molecule has 0 unspecified atom stereocenters. The van der Waals surface area contributed by atoms with Crippen molar-refractivity contribution in [2.24, 2.45) is 0 Å². The largest absolute Gasteiger partial charge is 0.435 e. The maximum absolute atomic E-state index is 5.84. The average molecular weight is 230 g/mol. The van der Waals surface area contributed by atoms with E-state index in [2.05, 4.69) is 11.1 Å². The molecule has 0 amide bonds. The number of hydrogen-bond acceptors (Lipinski definition) is 4. The number of nitrogens with two attached hydrogens (primary N) is 1. The van der Waals surface area contributed by atoms with Crippen molar-refractivity contribution in [2.45, 2.75) is 6.92 Å². The molecule has 0 spiro atoms. The molecule has 0 saturated heterocycles. The van der Waals surface area contributed by atoms with Crippen LogP contribution in [0.1, 0.15) is 5.56 Å². The summed E-state index contributed by atoms with van der Waals surface area (Å²) in [4.78, 5) is 5.50. The number of benzene rings is 1. The first-order chi connectivity index (χ1) is 7.75. The summed E-state index contributed by atoms with van der Waals surface area (Å²) in [5.41, 5.74) is 9.15. The molecule has 2 aromatic heterocycles.